The maximum atomic E-state index is 12.9. The summed E-state index contributed by atoms with van der Waals surface area (Å²) in [6, 6.07) is 13.3. The zero-order valence-corrected chi connectivity index (χ0v) is 22.6. The fourth-order valence-electron chi connectivity index (χ4n) is 4.58. The number of nitrogens with one attached hydrogen (secondary N) is 1. The lowest BCUT2D eigenvalue weighted by Crippen LogP contribution is -2.57. The molecule has 1 amide bonds. The number of nitrogens with zero attached hydrogens (tertiary/aromatic N) is 4. The summed E-state index contributed by atoms with van der Waals surface area (Å²) in [5, 5.41) is 25.9. The van der Waals surface area contributed by atoms with Gasteiger partial charge in [-0.2, -0.15) is 10.2 Å². The molecule has 0 aliphatic carbocycles. The number of aliphatic hydroxyl groups is 1. The van der Waals surface area contributed by atoms with Crippen molar-refractivity contribution < 1.29 is 19.2 Å². The first-order valence-electron chi connectivity index (χ1n) is 13.0. The monoisotopic (exact) mass is 517 g/mol. The number of ether oxygens (including phenoxy) is 1. The van der Waals surface area contributed by atoms with Crippen LogP contribution in [0, 0.1) is 11.3 Å². The van der Waals surface area contributed by atoms with E-state index >= 15 is 0 Å². The van der Waals surface area contributed by atoms with Crippen molar-refractivity contribution in [2.45, 2.75) is 65.1 Å². The van der Waals surface area contributed by atoms with Crippen molar-refractivity contribution >= 4 is 5.91 Å². The van der Waals surface area contributed by atoms with Crippen LogP contribution >= 0.6 is 0 Å². The molecule has 2 N–H and O–H groups in total. The van der Waals surface area contributed by atoms with E-state index in [1.807, 2.05) is 33.8 Å². The third-order valence-corrected chi connectivity index (χ3v) is 6.90. The molecule has 9 nitrogen and oxygen atoms in total. The number of fused-ring (bicyclic) bond motifs is 1. The molecule has 0 fully saturated rings. The lowest BCUT2D eigenvalue weighted by atomic mass is 10.00. The Balaban J connectivity index is 1.51. The first kappa shape index (κ1) is 27.3. The Hall–Kier alpha value is -3.74. The molecule has 0 saturated carbocycles. The number of carbonyl (C=O) groups is 1. The van der Waals surface area contributed by atoms with Crippen molar-refractivity contribution in [3.8, 4) is 34.7 Å². The normalized spacial score (nSPS) is 14.9. The largest absolute Gasteiger partial charge is 0.490 e. The second-order valence-electron chi connectivity index (χ2n) is 10.5. The van der Waals surface area contributed by atoms with Crippen LogP contribution in [0.1, 0.15) is 51.3 Å². The van der Waals surface area contributed by atoms with Gasteiger partial charge in [0.1, 0.15) is 11.8 Å². The van der Waals surface area contributed by atoms with Gasteiger partial charge in [0.05, 0.1) is 23.8 Å². The third-order valence-electron chi connectivity index (χ3n) is 6.90. The second kappa shape index (κ2) is 11.3. The van der Waals surface area contributed by atoms with Crippen LogP contribution in [0.2, 0.25) is 0 Å². The van der Waals surface area contributed by atoms with Crippen molar-refractivity contribution in [3.05, 3.63) is 53.1 Å². The summed E-state index contributed by atoms with van der Waals surface area (Å²) in [7, 11) is 0. The predicted molar refractivity (Wildman–Crippen MR) is 143 cm³/mol. The molecule has 4 rings (SSSR count). The Bertz CT molecular complexity index is 1340. The Morgan fingerprint density at radius 2 is 1.87 bits per heavy atom. The molecule has 1 aliphatic rings. The molecule has 0 radical (unpaired) electrons. The summed E-state index contributed by atoms with van der Waals surface area (Å²) in [6.45, 7) is 10.8. The molecular formula is C29H35N5O4. The van der Waals surface area contributed by atoms with Gasteiger partial charge in [-0.25, -0.2) is 0 Å². The Morgan fingerprint density at radius 3 is 2.55 bits per heavy atom. The van der Waals surface area contributed by atoms with Gasteiger partial charge >= 0.3 is 0 Å². The minimum atomic E-state index is -0.699. The van der Waals surface area contributed by atoms with E-state index < -0.39 is 5.54 Å². The maximum Gasteiger partial charge on any atom is 0.258 e. The molecule has 1 unspecified atom stereocenters. The van der Waals surface area contributed by atoms with Gasteiger partial charge in [0, 0.05) is 30.3 Å². The van der Waals surface area contributed by atoms with Crippen molar-refractivity contribution in [1.82, 2.24) is 20.4 Å². The minimum Gasteiger partial charge on any atom is -0.490 e. The number of benzene rings is 2. The Morgan fingerprint density at radius 1 is 1.16 bits per heavy atom. The summed E-state index contributed by atoms with van der Waals surface area (Å²) < 4.78 is 11.2. The van der Waals surface area contributed by atoms with Gasteiger partial charge in [-0.05, 0) is 82.9 Å². The molecule has 200 valence electrons. The van der Waals surface area contributed by atoms with Crippen LogP contribution in [-0.4, -0.2) is 63.4 Å². The quantitative estimate of drug-likeness (QED) is 0.463. The summed E-state index contributed by atoms with van der Waals surface area (Å²) >= 11 is 0. The summed E-state index contributed by atoms with van der Waals surface area (Å²) in [5.74, 6) is 1.24. The summed E-state index contributed by atoms with van der Waals surface area (Å²) in [4.78, 5) is 19.7. The molecule has 2 aromatic carbocycles. The molecule has 3 aromatic rings. The fraction of sp³-hybridized carbons (Fsp3) is 0.448. The highest BCUT2D eigenvalue weighted by Crippen LogP contribution is 2.30. The molecular weight excluding hydrogens is 482 g/mol. The van der Waals surface area contributed by atoms with Crippen molar-refractivity contribution in [1.29, 1.82) is 5.26 Å². The molecule has 38 heavy (non-hydrogen) atoms. The molecule has 9 heteroatoms. The van der Waals surface area contributed by atoms with Crippen LogP contribution in [0.5, 0.6) is 5.75 Å². The van der Waals surface area contributed by atoms with Crippen molar-refractivity contribution in [2.24, 2.45) is 0 Å². The van der Waals surface area contributed by atoms with E-state index in [2.05, 4.69) is 38.6 Å². The van der Waals surface area contributed by atoms with Gasteiger partial charge in [-0.15, -0.1) is 0 Å². The van der Waals surface area contributed by atoms with E-state index in [1.54, 1.807) is 25.1 Å². The molecule has 0 spiro atoms. The van der Waals surface area contributed by atoms with Gasteiger partial charge in [-0.3, -0.25) is 9.69 Å². The van der Waals surface area contributed by atoms with E-state index in [4.69, 9.17) is 9.26 Å². The lowest BCUT2D eigenvalue weighted by molar-refractivity contribution is -0.132. The number of aromatic nitrogens is 2. The van der Waals surface area contributed by atoms with Gasteiger partial charge in [0.25, 0.3) is 5.89 Å². The van der Waals surface area contributed by atoms with Gasteiger partial charge < -0.3 is 19.7 Å². The van der Waals surface area contributed by atoms with E-state index in [0.29, 0.717) is 28.6 Å². The average molecular weight is 518 g/mol. The number of hydrogen-bond donors (Lipinski definition) is 2. The number of nitriles is 1. The van der Waals surface area contributed by atoms with Gasteiger partial charge in [-0.1, -0.05) is 17.3 Å². The third kappa shape index (κ3) is 5.87. The molecule has 1 atom stereocenters. The standard InChI is InChI=1S/C29H35N5O4/c1-18(2)37-25-9-8-23(15-24(25)16-30)27-32-26(33-38-27)22-7-6-20-10-12-34(13-11-21(20)14-22)29(4,5)28(36)31-19(3)17-35/h6-9,14-15,18-19,35H,10-13,17H2,1-5H3,(H,31,36). The minimum absolute atomic E-state index is 0.0403. The first-order chi connectivity index (χ1) is 18.1. The highest BCUT2D eigenvalue weighted by atomic mass is 16.5. The van der Waals surface area contributed by atoms with Gasteiger partial charge in [0.15, 0.2) is 0 Å². The van der Waals surface area contributed by atoms with E-state index in [1.165, 1.54) is 11.1 Å². The second-order valence-corrected chi connectivity index (χ2v) is 10.5. The average Bonchev–Trinajstić information content (AvgIpc) is 3.28. The van der Waals surface area contributed by atoms with Crippen LogP contribution in [0.3, 0.4) is 0 Å². The van der Waals surface area contributed by atoms with E-state index in [-0.39, 0.29) is 24.7 Å². The molecule has 0 saturated heterocycles. The van der Waals surface area contributed by atoms with Gasteiger partial charge in [0.2, 0.25) is 11.7 Å². The SMILES string of the molecule is CC(CO)NC(=O)C(C)(C)N1CCc2ccc(-c3noc(-c4ccc(OC(C)C)c(C#N)c4)n3)cc2CC1. The predicted octanol–water partition coefficient (Wildman–Crippen LogP) is 3.74. The first-order valence-corrected chi connectivity index (χ1v) is 13.0. The molecule has 1 aliphatic heterocycles. The highest BCUT2D eigenvalue weighted by molar-refractivity contribution is 5.85. The van der Waals surface area contributed by atoms with Crippen LogP contribution < -0.4 is 10.1 Å². The Kier molecular flexibility index (Phi) is 8.14. The Labute approximate surface area is 223 Å². The number of aliphatic hydroxyl groups excluding tert-OH is 1. The maximum absolute atomic E-state index is 12.9. The number of hydrogen-bond acceptors (Lipinski definition) is 8. The fourth-order valence-corrected chi connectivity index (χ4v) is 4.58. The molecule has 0 bridgehead atoms. The highest BCUT2D eigenvalue weighted by Gasteiger charge is 2.35. The summed E-state index contributed by atoms with van der Waals surface area (Å²) in [5.41, 5.74) is 3.64. The number of amides is 1. The smallest absolute Gasteiger partial charge is 0.258 e. The van der Waals surface area contributed by atoms with Crippen LogP contribution in [-0.2, 0) is 17.6 Å². The van der Waals surface area contributed by atoms with Crippen LogP contribution in [0.15, 0.2) is 40.9 Å². The zero-order chi connectivity index (χ0) is 27.4. The lowest BCUT2D eigenvalue weighted by Gasteiger charge is -2.37. The van der Waals surface area contributed by atoms with Crippen molar-refractivity contribution in [2.75, 3.05) is 19.7 Å². The van der Waals surface area contributed by atoms with E-state index in [0.717, 1.165) is 31.5 Å². The van der Waals surface area contributed by atoms with Crippen LogP contribution in [0.25, 0.3) is 22.8 Å². The topological polar surface area (TPSA) is 125 Å². The number of rotatable bonds is 8. The van der Waals surface area contributed by atoms with Crippen molar-refractivity contribution in [3.63, 3.8) is 0 Å². The van der Waals surface area contributed by atoms with Crippen LogP contribution in [0.4, 0.5) is 0 Å². The van der Waals surface area contributed by atoms with E-state index in [9.17, 15) is 15.2 Å². The molecule has 2 heterocycles. The zero-order valence-electron chi connectivity index (χ0n) is 22.6. The number of carbonyl (C=O) groups excluding carboxylic acids is 1. The molecule has 1 aromatic heterocycles. The summed E-state index contributed by atoms with van der Waals surface area (Å²) in [6.07, 6.45) is 1.56.